The summed E-state index contributed by atoms with van der Waals surface area (Å²) in [7, 11) is 0. The number of aromatic nitrogens is 1. The minimum absolute atomic E-state index is 0.0208. The lowest BCUT2D eigenvalue weighted by Crippen LogP contribution is -2.06. The van der Waals surface area contributed by atoms with Crippen LogP contribution < -0.4 is 4.74 Å². The molecule has 0 bridgehead atoms. The largest absolute Gasteiger partial charge is 0.417 e. The van der Waals surface area contributed by atoms with E-state index in [1.54, 1.807) is 12.1 Å². The zero-order valence-corrected chi connectivity index (χ0v) is 7.50. The van der Waals surface area contributed by atoms with Crippen LogP contribution in [0.5, 0.6) is 5.88 Å². The fourth-order valence-electron chi connectivity index (χ4n) is 1.03. The van der Waals surface area contributed by atoms with E-state index in [0.717, 1.165) is 0 Å². The van der Waals surface area contributed by atoms with E-state index in [4.69, 9.17) is 0 Å². The Labute approximate surface area is 75.6 Å². The smallest absolute Gasteiger partial charge is 0.388 e. The molecule has 0 aromatic carbocycles. The molecule has 72 valence electrons. The number of rotatable bonds is 3. The number of hydrogen-bond donors (Lipinski definition) is 0. The van der Waals surface area contributed by atoms with Gasteiger partial charge in [0, 0.05) is 11.8 Å². The van der Waals surface area contributed by atoms with Crippen molar-refractivity contribution in [3.8, 4) is 5.88 Å². The third-order valence-electron chi connectivity index (χ3n) is 1.62. The number of alkyl halides is 2. The Hall–Kier alpha value is -1.19. The topological polar surface area (TPSA) is 22.1 Å². The Morgan fingerprint density at radius 1 is 1.38 bits per heavy atom. The first-order valence-corrected chi connectivity index (χ1v) is 4.01. The van der Waals surface area contributed by atoms with Crippen molar-refractivity contribution in [3.05, 3.63) is 23.9 Å². The molecular weight excluding hydrogens is 176 g/mol. The summed E-state index contributed by atoms with van der Waals surface area (Å²) in [6.45, 7) is 0.984. The highest BCUT2D eigenvalue weighted by Crippen LogP contribution is 2.24. The summed E-state index contributed by atoms with van der Waals surface area (Å²) in [6.07, 6.45) is 1.43. The SMILES string of the molecule is CC(C)c1cccnc1OC(F)F. The van der Waals surface area contributed by atoms with Crippen LogP contribution in [0.1, 0.15) is 25.3 Å². The zero-order valence-electron chi connectivity index (χ0n) is 7.50. The molecule has 0 spiro atoms. The summed E-state index contributed by atoms with van der Waals surface area (Å²) in [6, 6.07) is 3.43. The van der Waals surface area contributed by atoms with E-state index in [-0.39, 0.29) is 11.8 Å². The van der Waals surface area contributed by atoms with Crippen LogP contribution in [0.15, 0.2) is 18.3 Å². The fraction of sp³-hybridized carbons (Fsp3) is 0.444. The van der Waals surface area contributed by atoms with Crippen molar-refractivity contribution in [3.63, 3.8) is 0 Å². The van der Waals surface area contributed by atoms with Crippen LogP contribution in [0.2, 0.25) is 0 Å². The Balaban J connectivity index is 2.91. The second-order valence-corrected chi connectivity index (χ2v) is 2.93. The van der Waals surface area contributed by atoms with Gasteiger partial charge in [0.15, 0.2) is 0 Å². The van der Waals surface area contributed by atoms with Crippen molar-refractivity contribution < 1.29 is 13.5 Å². The lowest BCUT2D eigenvalue weighted by molar-refractivity contribution is -0.0536. The molecule has 0 fully saturated rings. The summed E-state index contributed by atoms with van der Waals surface area (Å²) in [5.74, 6) is 0.148. The summed E-state index contributed by atoms with van der Waals surface area (Å²) in [4.78, 5) is 3.74. The van der Waals surface area contributed by atoms with Gasteiger partial charge in [-0.3, -0.25) is 0 Å². The van der Waals surface area contributed by atoms with Gasteiger partial charge in [-0.1, -0.05) is 19.9 Å². The van der Waals surface area contributed by atoms with Crippen LogP contribution in [-0.2, 0) is 0 Å². The lowest BCUT2D eigenvalue weighted by atomic mass is 10.1. The van der Waals surface area contributed by atoms with E-state index in [9.17, 15) is 8.78 Å². The molecular formula is C9H11F2NO. The van der Waals surface area contributed by atoms with E-state index in [1.807, 2.05) is 13.8 Å². The summed E-state index contributed by atoms with van der Waals surface area (Å²) >= 11 is 0. The van der Waals surface area contributed by atoms with Crippen molar-refractivity contribution in [1.82, 2.24) is 4.98 Å². The van der Waals surface area contributed by atoms with E-state index >= 15 is 0 Å². The van der Waals surface area contributed by atoms with Gasteiger partial charge in [-0.25, -0.2) is 4.98 Å². The summed E-state index contributed by atoms with van der Waals surface area (Å²) < 4.78 is 28.1. The molecule has 0 aliphatic heterocycles. The molecule has 0 unspecified atom stereocenters. The molecule has 0 radical (unpaired) electrons. The van der Waals surface area contributed by atoms with Gasteiger partial charge in [0.05, 0.1) is 0 Å². The molecule has 1 aromatic heterocycles. The average Bonchev–Trinajstić information content (AvgIpc) is 2.03. The molecule has 0 saturated heterocycles. The Bertz CT molecular complexity index is 276. The minimum atomic E-state index is -2.81. The van der Waals surface area contributed by atoms with E-state index in [2.05, 4.69) is 9.72 Å². The van der Waals surface area contributed by atoms with Gasteiger partial charge in [0.25, 0.3) is 0 Å². The van der Waals surface area contributed by atoms with Crippen molar-refractivity contribution in [2.24, 2.45) is 0 Å². The molecule has 1 heterocycles. The highest BCUT2D eigenvalue weighted by Gasteiger charge is 2.12. The number of halogens is 2. The predicted octanol–water partition coefficient (Wildman–Crippen LogP) is 2.81. The molecule has 0 saturated carbocycles. The third-order valence-corrected chi connectivity index (χ3v) is 1.62. The van der Waals surface area contributed by atoms with Crippen molar-refractivity contribution in [2.75, 3.05) is 0 Å². The molecule has 1 aromatic rings. The first kappa shape index (κ1) is 9.89. The van der Waals surface area contributed by atoms with E-state index in [1.165, 1.54) is 6.20 Å². The van der Waals surface area contributed by atoms with Gasteiger partial charge in [-0.15, -0.1) is 0 Å². The maximum Gasteiger partial charge on any atom is 0.388 e. The van der Waals surface area contributed by atoms with Crippen molar-refractivity contribution in [1.29, 1.82) is 0 Å². The van der Waals surface area contributed by atoms with E-state index in [0.29, 0.717) is 5.56 Å². The molecule has 4 heteroatoms. The zero-order chi connectivity index (χ0) is 9.84. The molecule has 0 amide bonds. The molecule has 0 N–H and O–H groups in total. The van der Waals surface area contributed by atoms with Crippen molar-refractivity contribution >= 4 is 0 Å². The van der Waals surface area contributed by atoms with Gasteiger partial charge < -0.3 is 4.74 Å². The van der Waals surface area contributed by atoms with Crippen LogP contribution in [0, 0.1) is 0 Å². The molecule has 0 aliphatic rings. The Morgan fingerprint density at radius 2 is 2.08 bits per heavy atom. The number of hydrogen-bond acceptors (Lipinski definition) is 2. The third kappa shape index (κ3) is 2.65. The predicted molar refractivity (Wildman–Crippen MR) is 45.0 cm³/mol. The Kier molecular flexibility index (Phi) is 3.17. The second-order valence-electron chi connectivity index (χ2n) is 2.93. The fourth-order valence-corrected chi connectivity index (χ4v) is 1.03. The van der Waals surface area contributed by atoms with Gasteiger partial charge >= 0.3 is 6.61 Å². The molecule has 0 aliphatic carbocycles. The normalized spacial score (nSPS) is 10.9. The van der Waals surface area contributed by atoms with Crippen LogP contribution in [0.4, 0.5) is 8.78 Å². The molecule has 2 nitrogen and oxygen atoms in total. The quantitative estimate of drug-likeness (QED) is 0.725. The van der Waals surface area contributed by atoms with Crippen LogP contribution >= 0.6 is 0 Å². The first-order chi connectivity index (χ1) is 6.11. The lowest BCUT2D eigenvalue weighted by Gasteiger charge is -2.10. The van der Waals surface area contributed by atoms with Gasteiger partial charge in [0.2, 0.25) is 5.88 Å². The van der Waals surface area contributed by atoms with E-state index < -0.39 is 6.61 Å². The maximum absolute atomic E-state index is 11.9. The molecule has 1 rings (SSSR count). The molecule has 13 heavy (non-hydrogen) atoms. The number of ether oxygens (including phenoxy) is 1. The second kappa shape index (κ2) is 4.16. The van der Waals surface area contributed by atoms with Crippen molar-refractivity contribution in [2.45, 2.75) is 26.4 Å². The van der Waals surface area contributed by atoms with Gasteiger partial charge in [-0.2, -0.15) is 8.78 Å². The minimum Gasteiger partial charge on any atom is -0.417 e. The average molecular weight is 187 g/mol. The number of pyridine rings is 1. The highest BCUT2D eigenvalue weighted by atomic mass is 19.3. The maximum atomic E-state index is 11.9. The van der Waals surface area contributed by atoms with Crippen LogP contribution in [0.3, 0.4) is 0 Å². The van der Waals surface area contributed by atoms with Gasteiger partial charge in [-0.05, 0) is 12.0 Å². The molecule has 0 atom stereocenters. The van der Waals surface area contributed by atoms with Crippen LogP contribution in [-0.4, -0.2) is 11.6 Å². The standard InChI is InChI=1S/C9H11F2NO/c1-6(2)7-4-3-5-12-8(7)13-9(10)11/h3-6,9H,1-2H3. The first-order valence-electron chi connectivity index (χ1n) is 4.01. The monoisotopic (exact) mass is 187 g/mol. The summed E-state index contributed by atoms with van der Waals surface area (Å²) in [5.41, 5.74) is 0.697. The van der Waals surface area contributed by atoms with Crippen LogP contribution in [0.25, 0.3) is 0 Å². The highest BCUT2D eigenvalue weighted by molar-refractivity contribution is 5.28. The Morgan fingerprint density at radius 3 is 2.62 bits per heavy atom. The number of nitrogens with zero attached hydrogens (tertiary/aromatic N) is 1. The summed E-state index contributed by atoms with van der Waals surface area (Å²) in [5, 5.41) is 0. The van der Waals surface area contributed by atoms with Gasteiger partial charge in [0.1, 0.15) is 0 Å².